The van der Waals surface area contributed by atoms with Crippen molar-refractivity contribution in [3.8, 4) is 44.6 Å². The molecule has 0 atom stereocenters. The number of anilines is 3. The number of hydrogen-bond acceptors (Lipinski definition) is 2. The summed E-state index contributed by atoms with van der Waals surface area (Å²) in [5.74, 6) is 0. The van der Waals surface area contributed by atoms with Crippen LogP contribution in [0.5, 0.6) is 0 Å². The lowest BCUT2D eigenvalue weighted by atomic mass is 9.70. The quantitative estimate of drug-likeness (QED) is 0.175. The lowest BCUT2D eigenvalue weighted by Gasteiger charge is -2.32. The van der Waals surface area contributed by atoms with Gasteiger partial charge in [0.1, 0.15) is 0 Å². The molecule has 2 aliphatic carbocycles. The Morgan fingerprint density at radius 2 is 0.879 bits per heavy atom. The summed E-state index contributed by atoms with van der Waals surface area (Å²) < 4.78 is 0. The molecule has 58 heavy (non-hydrogen) atoms. The molecule has 9 aromatic carbocycles. The van der Waals surface area contributed by atoms with Crippen molar-refractivity contribution >= 4 is 38.7 Å². The number of nitrogens with zero attached hydrogens (tertiary/aromatic N) is 2. The lowest BCUT2D eigenvalue weighted by Crippen LogP contribution is -2.26. The van der Waals surface area contributed by atoms with E-state index in [0.717, 1.165) is 50.3 Å². The number of fused-ring (bicyclic) bond motifs is 12. The van der Waals surface area contributed by atoms with Gasteiger partial charge >= 0.3 is 0 Å². The summed E-state index contributed by atoms with van der Waals surface area (Å²) in [5, 5.41) is 3.57. The van der Waals surface area contributed by atoms with Crippen molar-refractivity contribution < 1.29 is 0 Å². The van der Waals surface area contributed by atoms with Gasteiger partial charge in [0.2, 0.25) is 0 Å². The molecule has 2 aliphatic rings. The first kappa shape index (κ1) is 32.7. The maximum absolute atomic E-state index is 5.39. The molecule has 1 aromatic heterocycles. The normalized spacial score (nSPS) is 13.0. The fraction of sp³-hybridized carbons (Fsp3) is 0.0179. The Morgan fingerprint density at radius 1 is 0.310 bits per heavy atom. The van der Waals surface area contributed by atoms with Gasteiger partial charge in [-0.25, -0.2) is 4.98 Å². The highest BCUT2D eigenvalue weighted by Crippen LogP contribution is 2.63. The fourth-order valence-electron chi connectivity index (χ4n) is 9.95. The largest absolute Gasteiger partial charge is 0.310 e. The Kier molecular flexibility index (Phi) is 7.18. The van der Waals surface area contributed by atoms with Gasteiger partial charge in [0.25, 0.3) is 0 Å². The third-order valence-corrected chi connectivity index (χ3v) is 12.4. The Labute approximate surface area is 338 Å². The van der Waals surface area contributed by atoms with Crippen LogP contribution < -0.4 is 4.90 Å². The molecule has 0 unspecified atom stereocenters. The highest BCUT2D eigenvalue weighted by Gasteiger charge is 2.51. The van der Waals surface area contributed by atoms with Gasteiger partial charge in [-0.3, -0.25) is 0 Å². The van der Waals surface area contributed by atoms with Crippen LogP contribution in [0.25, 0.3) is 66.3 Å². The van der Waals surface area contributed by atoms with E-state index < -0.39 is 5.41 Å². The van der Waals surface area contributed by atoms with E-state index in [4.69, 9.17) is 4.98 Å². The molecule has 0 N–H and O–H groups in total. The zero-order chi connectivity index (χ0) is 38.2. The summed E-state index contributed by atoms with van der Waals surface area (Å²) in [6, 6.07) is 79.9. The molecule has 1 spiro atoms. The van der Waals surface area contributed by atoms with Crippen LogP contribution in [0, 0.1) is 0 Å². The minimum Gasteiger partial charge on any atom is -0.310 e. The Balaban J connectivity index is 1.07. The summed E-state index contributed by atoms with van der Waals surface area (Å²) in [7, 11) is 0. The molecule has 0 fully saturated rings. The first-order valence-electron chi connectivity index (χ1n) is 20.0. The molecule has 0 saturated carbocycles. The number of para-hydroxylation sites is 2. The van der Waals surface area contributed by atoms with E-state index >= 15 is 0 Å². The first-order chi connectivity index (χ1) is 28.8. The van der Waals surface area contributed by atoms with Crippen molar-refractivity contribution in [1.82, 2.24) is 4.98 Å². The van der Waals surface area contributed by atoms with Crippen LogP contribution >= 0.6 is 0 Å². The average Bonchev–Trinajstić information content (AvgIpc) is 3.76. The van der Waals surface area contributed by atoms with Gasteiger partial charge < -0.3 is 4.90 Å². The van der Waals surface area contributed by atoms with Gasteiger partial charge in [0.15, 0.2) is 0 Å². The van der Waals surface area contributed by atoms with Gasteiger partial charge in [-0.05, 0) is 115 Å². The highest BCUT2D eigenvalue weighted by atomic mass is 15.1. The maximum Gasteiger partial charge on any atom is 0.0788 e. The van der Waals surface area contributed by atoms with Crippen LogP contribution in [0.4, 0.5) is 17.1 Å². The van der Waals surface area contributed by atoms with E-state index in [1.54, 1.807) is 0 Å². The third-order valence-electron chi connectivity index (χ3n) is 12.4. The second kappa shape index (κ2) is 12.7. The molecule has 0 amide bonds. The smallest absolute Gasteiger partial charge is 0.0788 e. The summed E-state index contributed by atoms with van der Waals surface area (Å²) in [6.45, 7) is 0. The topological polar surface area (TPSA) is 16.1 Å². The standard InChI is InChI=1S/C56H36N2/c1-2-19-42(20-3-1)58(43-21-14-18-41(34-43)55-49(35-40-17-6-13-28-54(40)57-55)39-30-29-37-15-4-5-16-38(37)33-39)44-31-32-48-47-24-9-12-27-52(47)56(53(48)36-44)50-25-10-7-22-45(50)46-23-8-11-26-51(46)56/h1-36H. The Morgan fingerprint density at radius 3 is 1.60 bits per heavy atom. The molecule has 0 saturated heterocycles. The van der Waals surface area contributed by atoms with Crippen LogP contribution in [0.15, 0.2) is 218 Å². The van der Waals surface area contributed by atoms with Crippen LogP contribution in [0.2, 0.25) is 0 Å². The predicted molar refractivity (Wildman–Crippen MR) is 241 cm³/mol. The average molecular weight is 737 g/mol. The van der Waals surface area contributed by atoms with Gasteiger partial charge in [-0.2, -0.15) is 0 Å². The van der Waals surface area contributed by atoms with Crippen LogP contribution in [0.3, 0.4) is 0 Å². The minimum atomic E-state index is -0.427. The maximum atomic E-state index is 5.39. The predicted octanol–water partition coefficient (Wildman–Crippen LogP) is 14.5. The second-order valence-electron chi connectivity index (χ2n) is 15.5. The van der Waals surface area contributed by atoms with Crippen molar-refractivity contribution in [2.24, 2.45) is 0 Å². The summed E-state index contributed by atoms with van der Waals surface area (Å²) in [4.78, 5) is 7.80. The number of pyridine rings is 1. The number of benzene rings is 9. The molecule has 0 bridgehead atoms. The molecular formula is C56H36N2. The van der Waals surface area contributed by atoms with E-state index in [-0.39, 0.29) is 0 Å². The molecule has 2 nitrogen and oxygen atoms in total. The van der Waals surface area contributed by atoms with Crippen molar-refractivity contribution in [1.29, 1.82) is 0 Å². The van der Waals surface area contributed by atoms with Gasteiger partial charge in [0, 0.05) is 33.6 Å². The summed E-state index contributed by atoms with van der Waals surface area (Å²) >= 11 is 0. The molecule has 12 rings (SSSR count). The molecular weight excluding hydrogens is 701 g/mol. The molecule has 10 aromatic rings. The van der Waals surface area contributed by atoms with E-state index in [9.17, 15) is 0 Å². The van der Waals surface area contributed by atoms with Crippen LogP contribution in [0.1, 0.15) is 22.3 Å². The number of aromatic nitrogens is 1. The summed E-state index contributed by atoms with van der Waals surface area (Å²) in [5.41, 5.74) is 18.7. The van der Waals surface area contributed by atoms with Gasteiger partial charge in [-0.1, -0.05) is 164 Å². The SMILES string of the molecule is c1ccc(N(c2cccc(-c3nc4ccccc4cc3-c3ccc4ccccc4c3)c2)c2ccc3c(c2)C2(c4ccccc4-c4ccccc42)c2ccccc2-3)cc1. The highest BCUT2D eigenvalue weighted by molar-refractivity contribution is 5.98. The van der Waals surface area contributed by atoms with E-state index in [1.165, 1.54) is 55.3 Å². The van der Waals surface area contributed by atoms with E-state index in [1.807, 2.05) is 0 Å². The molecule has 0 radical (unpaired) electrons. The molecule has 0 aliphatic heterocycles. The van der Waals surface area contributed by atoms with Crippen LogP contribution in [-0.2, 0) is 5.41 Å². The Hall–Kier alpha value is -7.55. The Bertz CT molecular complexity index is 3190. The molecule has 270 valence electrons. The van der Waals surface area contributed by atoms with E-state index in [0.29, 0.717) is 0 Å². The van der Waals surface area contributed by atoms with Gasteiger partial charge in [0.05, 0.1) is 16.6 Å². The van der Waals surface area contributed by atoms with Crippen molar-refractivity contribution in [2.75, 3.05) is 4.90 Å². The molecule has 2 heteroatoms. The van der Waals surface area contributed by atoms with E-state index in [2.05, 4.69) is 223 Å². The first-order valence-corrected chi connectivity index (χ1v) is 20.0. The zero-order valence-corrected chi connectivity index (χ0v) is 31.7. The zero-order valence-electron chi connectivity index (χ0n) is 31.7. The lowest BCUT2D eigenvalue weighted by molar-refractivity contribution is 0.793. The minimum absolute atomic E-state index is 0.427. The molecule has 1 heterocycles. The van der Waals surface area contributed by atoms with Gasteiger partial charge in [-0.15, -0.1) is 0 Å². The number of hydrogen-bond donors (Lipinski definition) is 0. The number of rotatable bonds is 5. The third kappa shape index (κ3) is 4.76. The van der Waals surface area contributed by atoms with Crippen molar-refractivity contribution in [3.05, 3.63) is 241 Å². The van der Waals surface area contributed by atoms with Crippen LogP contribution in [-0.4, -0.2) is 4.98 Å². The monoisotopic (exact) mass is 736 g/mol. The second-order valence-corrected chi connectivity index (χ2v) is 15.5. The fourth-order valence-corrected chi connectivity index (χ4v) is 9.95. The van der Waals surface area contributed by atoms with Crippen molar-refractivity contribution in [2.45, 2.75) is 5.41 Å². The summed E-state index contributed by atoms with van der Waals surface area (Å²) in [6.07, 6.45) is 0. The van der Waals surface area contributed by atoms with Crippen molar-refractivity contribution in [3.63, 3.8) is 0 Å².